The fraction of sp³-hybridized carbons (Fsp3) is 0.400. The minimum absolute atomic E-state index is 0.163. The Morgan fingerprint density at radius 3 is 3.14 bits per heavy atom. The van der Waals surface area contributed by atoms with Crippen LogP contribution in [-0.4, -0.2) is 40.6 Å². The van der Waals surface area contributed by atoms with Crippen molar-refractivity contribution < 1.29 is 9.53 Å². The fourth-order valence-electron chi connectivity index (χ4n) is 2.33. The maximum absolute atomic E-state index is 11.8. The summed E-state index contributed by atoms with van der Waals surface area (Å²) in [6.45, 7) is 2.63. The fourth-order valence-corrected chi connectivity index (χ4v) is 2.33. The zero-order valence-electron chi connectivity index (χ0n) is 12.2. The van der Waals surface area contributed by atoms with Crippen molar-refractivity contribution in [3.05, 3.63) is 42.4 Å². The number of aromatic nitrogens is 3. The summed E-state index contributed by atoms with van der Waals surface area (Å²) in [4.78, 5) is 16.0. The average molecular weight is 301 g/mol. The van der Waals surface area contributed by atoms with Crippen LogP contribution < -0.4 is 10.6 Å². The highest BCUT2D eigenvalue weighted by molar-refractivity contribution is 5.73. The summed E-state index contributed by atoms with van der Waals surface area (Å²) in [5.41, 5.74) is 0.972. The first-order chi connectivity index (χ1) is 10.8. The van der Waals surface area contributed by atoms with Crippen LogP contribution in [0, 0.1) is 5.92 Å². The van der Waals surface area contributed by atoms with Gasteiger partial charge in [-0.2, -0.15) is 5.10 Å². The number of urea groups is 1. The highest BCUT2D eigenvalue weighted by atomic mass is 16.5. The Balaban J connectivity index is 1.48. The molecule has 22 heavy (non-hydrogen) atoms. The quantitative estimate of drug-likeness (QED) is 0.866. The van der Waals surface area contributed by atoms with E-state index in [2.05, 4.69) is 20.7 Å². The molecule has 2 aromatic rings. The lowest BCUT2D eigenvalue weighted by Crippen LogP contribution is -2.38. The predicted octanol–water partition coefficient (Wildman–Crippen LogP) is 1.10. The number of carbonyl (C=O) groups is 1. The molecule has 3 rings (SSSR count). The summed E-state index contributed by atoms with van der Waals surface area (Å²) >= 11 is 0. The number of nitrogens with zero attached hydrogens (tertiary/aromatic N) is 3. The van der Waals surface area contributed by atoms with Crippen LogP contribution in [0.2, 0.25) is 0 Å². The van der Waals surface area contributed by atoms with E-state index >= 15 is 0 Å². The summed E-state index contributed by atoms with van der Waals surface area (Å²) in [6.07, 6.45) is 6.25. The Labute approximate surface area is 128 Å². The number of carbonyl (C=O) groups excluding carboxylic acids is 1. The summed E-state index contributed by atoms with van der Waals surface area (Å²) in [5, 5.41) is 9.86. The van der Waals surface area contributed by atoms with E-state index in [0.717, 1.165) is 31.0 Å². The Hall–Kier alpha value is -2.41. The van der Waals surface area contributed by atoms with Gasteiger partial charge >= 0.3 is 6.03 Å². The third kappa shape index (κ3) is 3.82. The molecule has 7 nitrogen and oxygen atoms in total. The number of hydrogen-bond acceptors (Lipinski definition) is 4. The molecular weight excluding hydrogens is 282 g/mol. The maximum Gasteiger partial charge on any atom is 0.315 e. The topological polar surface area (TPSA) is 81.1 Å². The van der Waals surface area contributed by atoms with Gasteiger partial charge in [0.05, 0.1) is 6.61 Å². The Morgan fingerprint density at radius 1 is 1.41 bits per heavy atom. The molecule has 1 saturated heterocycles. The molecule has 0 saturated carbocycles. The molecule has 0 aliphatic carbocycles. The van der Waals surface area contributed by atoms with Gasteiger partial charge in [-0.3, -0.25) is 0 Å². The van der Waals surface area contributed by atoms with E-state index in [1.54, 1.807) is 17.1 Å². The summed E-state index contributed by atoms with van der Waals surface area (Å²) in [6, 6.07) is 5.45. The lowest BCUT2D eigenvalue weighted by molar-refractivity contribution is 0.185. The molecule has 0 radical (unpaired) electrons. The van der Waals surface area contributed by atoms with E-state index in [1.165, 1.54) is 0 Å². The van der Waals surface area contributed by atoms with Crippen molar-refractivity contribution in [1.29, 1.82) is 0 Å². The van der Waals surface area contributed by atoms with Crippen LogP contribution in [0.25, 0.3) is 5.82 Å². The monoisotopic (exact) mass is 301 g/mol. The van der Waals surface area contributed by atoms with Crippen LogP contribution >= 0.6 is 0 Å². The SMILES string of the molecule is O=C(NCc1ccnc(-n2cccn2)c1)NCC1CCOC1. The molecule has 3 heterocycles. The molecule has 1 unspecified atom stereocenters. The van der Waals surface area contributed by atoms with Crippen LogP contribution in [0.4, 0.5) is 4.79 Å². The molecule has 1 aliphatic rings. The number of amides is 2. The predicted molar refractivity (Wildman–Crippen MR) is 80.5 cm³/mol. The Kier molecular flexibility index (Phi) is 4.65. The largest absolute Gasteiger partial charge is 0.381 e. The second-order valence-electron chi connectivity index (χ2n) is 5.27. The van der Waals surface area contributed by atoms with Gasteiger partial charge in [0, 0.05) is 44.2 Å². The van der Waals surface area contributed by atoms with Crippen LogP contribution in [0.1, 0.15) is 12.0 Å². The van der Waals surface area contributed by atoms with E-state index in [9.17, 15) is 4.79 Å². The van der Waals surface area contributed by atoms with Crippen molar-refractivity contribution in [2.24, 2.45) is 5.92 Å². The molecule has 2 aromatic heterocycles. The number of ether oxygens (including phenoxy) is 1. The lowest BCUT2D eigenvalue weighted by Gasteiger charge is -2.11. The Bertz CT molecular complexity index is 608. The second-order valence-corrected chi connectivity index (χ2v) is 5.27. The van der Waals surface area contributed by atoms with Crippen molar-refractivity contribution in [1.82, 2.24) is 25.4 Å². The first-order valence-electron chi connectivity index (χ1n) is 7.35. The number of pyridine rings is 1. The van der Waals surface area contributed by atoms with E-state index in [-0.39, 0.29) is 6.03 Å². The smallest absolute Gasteiger partial charge is 0.315 e. The third-order valence-electron chi connectivity index (χ3n) is 3.58. The van der Waals surface area contributed by atoms with E-state index in [4.69, 9.17) is 4.74 Å². The van der Waals surface area contributed by atoms with E-state index < -0.39 is 0 Å². The summed E-state index contributed by atoms with van der Waals surface area (Å²) in [7, 11) is 0. The highest BCUT2D eigenvalue weighted by Gasteiger charge is 2.16. The molecule has 1 aliphatic heterocycles. The molecule has 7 heteroatoms. The first-order valence-corrected chi connectivity index (χ1v) is 7.35. The van der Waals surface area contributed by atoms with Crippen LogP contribution in [0.5, 0.6) is 0 Å². The molecule has 0 aromatic carbocycles. The van der Waals surface area contributed by atoms with Gasteiger partial charge in [-0.1, -0.05) is 0 Å². The van der Waals surface area contributed by atoms with E-state index in [0.29, 0.717) is 19.0 Å². The number of hydrogen-bond donors (Lipinski definition) is 2. The first kappa shape index (κ1) is 14.5. The van der Waals surface area contributed by atoms with Crippen molar-refractivity contribution >= 4 is 6.03 Å². The molecule has 0 bridgehead atoms. The summed E-state index contributed by atoms with van der Waals surface area (Å²) < 4.78 is 6.96. The standard InChI is InChI=1S/C15H19N5O2/c21-15(18-10-13-3-7-22-11-13)17-9-12-2-5-16-14(8-12)20-6-1-4-19-20/h1-2,4-6,8,13H,3,7,9-11H2,(H2,17,18,21). The zero-order chi connectivity index (χ0) is 15.2. The number of nitrogens with one attached hydrogen (secondary N) is 2. The van der Waals surface area contributed by atoms with E-state index in [1.807, 2.05) is 24.4 Å². The van der Waals surface area contributed by atoms with Gasteiger partial charge in [-0.05, 0) is 30.2 Å². The lowest BCUT2D eigenvalue weighted by atomic mass is 10.1. The zero-order valence-corrected chi connectivity index (χ0v) is 12.2. The molecule has 116 valence electrons. The maximum atomic E-state index is 11.8. The average Bonchev–Trinajstić information content (AvgIpc) is 3.24. The van der Waals surface area contributed by atoms with Gasteiger partial charge in [0.1, 0.15) is 0 Å². The molecule has 1 atom stereocenters. The normalized spacial score (nSPS) is 17.4. The van der Waals surface area contributed by atoms with Crippen molar-refractivity contribution in [2.75, 3.05) is 19.8 Å². The molecule has 2 amide bonds. The van der Waals surface area contributed by atoms with Gasteiger partial charge in [-0.25, -0.2) is 14.5 Å². The van der Waals surface area contributed by atoms with Crippen LogP contribution in [0.15, 0.2) is 36.8 Å². The molecule has 1 fully saturated rings. The number of rotatable bonds is 5. The minimum Gasteiger partial charge on any atom is -0.381 e. The molecule has 0 spiro atoms. The van der Waals surface area contributed by atoms with Gasteiger partial charge in [-0.15, -0.1) is 0 Å². The molecule has 2 N–H and O–H groups in total. The van der Waals surface area contributed by atoms with Gasteiger partial charge in [0.2, 0.25) is 0 Å². The van der Waals surface area contributed by atoms with Crippen molar-refractivity contribution in [3.8, 4) is 5.82 Å². The van der Waals surface area contributed by atoms with Gasteiger partial charge < -0.3 is 15.4 Å². The van der Waals surface area contributed by atoms with Crippen LogP contribution in [-0.2, 0) is 11.3 Å². The van der Waals surface area contributed by atoms with Crippen molar-refractivity contribution in [2.45, 2.75) is 13.0 Å². The third-order valence-corrected chi connectivity index (χ3v) is 3.58. The highest BCUT2D eigenvalue weighted by Crippen LogP contribution is 2.10. The van der Waals surface area contributed by atoms with Crippen LogP contribution in [0.3, 0.4) is 0 Å². The van der Waals surface area contributed by atoms with Gasteiger partial charge in [0.25, 0.3) is 0 Å². The molecular formula is C15H19N5O2. The summed E-state index contributed by atoms with van der Waals surface area (Å²) in [5.74, 6) is 1.16. The minimum atomic E-state index is -0.163. The second kappa shape index (κ2) is 7.04. The Morgan fingerprint density at radius 2 is 2.36 bits per heavy atom. The van der Waals surface area contributed by atoms with Crippen molar-refractivity contribution in [3.63, 3.8) is 0 Å². The van der Waals surface area contributed by atoms with Gasteiger partial charge in [0.15, 0.2) is 5.82 Å².